The molecule has 2 aromatic rings. The number of H-pyrrole nitrogens is 1. The zero-order valence-corrected chi connectivity index (χ0v) is 18.5. The Morgan fingerprint density at radius 3 is 2.59 bits per heavy atom. The van der Waals surface area contributed by atoms with Crippen LogP contribution in [0.5, 0.6) is 0 Å². The number of aliphatic hydroxyl groups excluding tert-OH is 3. The lowest BCUT2D eigenvalue weighted by molar-refractivity contribution is -0.190. The third kappa shape index (κ3) is 4.73. The molecule has 8 N–H and O–H groups in total. The molecule has 8 atom stereocenters. The van der Waals surface area contributed by atoms with E-state index < -0.39 is 75.7 Å². The van der Waals surface area contributed by atoms with E-state index in [1.54, 1.807) is 0 Å². The highest BCUT2D eigenvalue weighted by molar-refractivity contribution is 7.46. The second kappa shape index (κ2) is 9.56. The van der Waals surface area contributed by atoms with Gasteiger partial charge in [-0.05, 0) is 0 Å². The van der Waals surface area contributed by atoms with Crippen LogP contribution in [0.4, 0.5) is 5.95 Å². The van der Waals surface area contributed by atoms with Crippen LogP contribution in [-0.2, 0) is 28.0 Å². The van der Waals surface area contributed by atoms with Crippen LogP contribution in [0.15, 0.2) is 11.1 Å². The molecule has 0 radical (unpaired) electrons. The number of aromatic nitrogens is 4. The lowest BCUT2D eigenvalue weighted by Gasteiger charge is -2.22. The first-order valence-electron chi connectivity index (χ1n) is 9.92. The van der Waals surface area contributed by atoms with Gasteiger partial charge in [0.05, 0.1) is 19.5 Å². The van der Waals surface area contributed by atoms with Crippen molar-refractivity contribution in [1.29, 1.82) is 0 Å². The van der Waals surface area contributed by atoms with E-state index in [9.17, 15) is 34.5 Å². The van der Waals surface area contributed by atoms with Crippen LogP contribution in [0.25, 0.3) is 11.2 Å². The average Bonchev–Trinajstić information content (AvgIpc) is 3.40. The largest absolute Gasteiger partial charge is 0.470 e. The van der Waals surface area contributed by atoms with Crippen molar-refractivity contribution < 1.29 is 53.1 Å². The number of nitrogens with zero attached hydrogens (tertiary/aromatic N) is 3. The van der Waals surface area contributed by atoms with E-state index in [1.807, 2.05) is 0 Å². The fourth-order valence-corrected chi connectivity index (χ4v) is 4.50. The Morgan fingerprint density at radius 2 is 1.97 bits per heavy atom. The fourth-order valence-electron chi connectivity index (χ4n) is 3.95. The number of aliphatic hydroxyl groups is 3. The van der Waals surface area contributed by atoms with Crippen LogP contribution < -0.4 is 11.3 Å². The number of hydrogen-bond acceptors (Lipinski definition) is 13. The number of rotatable bonds is 8. The molecule has 190 valence electrons. The molecule has 1 unspecified atom stereocenters. The van der Waals surface area contributed by atoms with Crippen LogP contribution in [-0.4, -0.2) is 108 Å². The lowest BCUT2D eigenvalue weighted by Crippen LogP contribution is -2.39. The van der Waals surface area contributed by atoms with Gasteiger partial charge in [0, 0.05) is 7.11 Å². The van der Waals surface area contributed by atoms with E-state index in [0.29, 0.717) is 0 Å². The molecule has 18 heteroatoms. The van der Waals surface area contributed by atoms with E-state index in [-0.39, 0.29) is 17.1 Å². The van der Waals surface area contributed by atoms with E-state index in [2.05, 4.69) is 15.0 Å². The number of phosphoric ester groups is 1. The first-order chi connectivity index (χ1) is 16.0. The van der Waals surface area contributed by atoms with E-state index in [1.165, 1.54) is 7.11 Å². The molecule has 0 saturated carbocycles. The molecule has 17 nitrogen and oxygen atoms in total. The molecule has 0 amide bonds. The molecule has 2 saturated heterocycles. The summed E-state index contributed by atoms with van der Waals surface area (Å²) in [5, 5.41) is 30.4. The number of hydrogen-bond donors (Lipinski definition) is 7. The minimum Gasteiger partial charge on any atom is -0.394 e. The molecular formula is C16H24N5O12P. The number of anilines is 1. The standard InChI is InChI=1S/C16H24N5O12P/c1-29-10-5(2-22)32-15(9(10)24)30-3-6-8(23)11(33-34(26,27)28)14(31-6)21-4-18-7-12(21)19-16(17)20-13(7)25/h4-6,8-11,14-15,22-24H,2-3H2,1H3,(H2,26,27,28)(H3,17,19,20,25)/t5-,6-,8-,9-,10+,11-,14-,15?/m1/s1. The topological polar surface area (TPSA) is 254 Å². The highest BCUT2D eigenvalue weighted by atomic mass is 31.2. The summed E-state index contributed by atoms with van der Waals surface area (Å²) in [5.74, 6) is -0.247. The summed E-state index contributed by atoms with van der Waals surface area (Å²) < 4.78 is 39.1. The van der Waals surface area contributed by atoms with Crippen molar-refractivity contribution in [2.45, 2.75) is 49.1 Å². The van der Waals surface area contributed by atoms with Gasteiger partial charge < -0.3 is 49.8 Å². The zero-order chi connectivity index (χ0) is 24.8. The summed E-state index contributed by atoms with van der Waals surface area (Å²) in [7, 11) is -3.79. The van der Waals surface area contributed by atoms with Crippen molar-refractivity contribution in [1.82, 2.24) is 19.5 Å². The van der Waals surface area contributed by atoms with Crippen molar-refractivity contribution >= 4 is 24.9 Å². The number of nitrogens with one attached hydrogen (secondary N) is 1. The lowest BCUT2D eigenvalue weighted by atomic mass is 10.1. The van der Waals surface area contributed by atoms with Crippen molar-refractivity contribution in [2.24, 2.45) is 0 Å². The van der Waals surface area contributed by atoms with Crippen molar-refractivity contribution in [3.63, 3.8) is 0 Å². The molecule has 2 aliphatic rings. The predicted molar refractivity (Wildman–Crippen MR) is 108 cm³/mol. The summed E-state index contributed by atoms with van der Waals surface area (Å²) in [6.45, 7) is -0.862. The van der Waals surface area contributed by atoms with Crippen LogP contribution in [0.2, 0.25) is 0 Å². The maximum atomic E-state index is 12.1. The number of methoxy groups -OCH3 is 1. The molecule has 4 heterocycles. The van der Waals surface area contributed by atoms with E-state index >= 15 is 0 Å². The molecule has 2 aliphatic heterocycles. The van der Waals surface area contributed by atoms with Gasteiger partial charge in [0.25, 0.3) is 5.56 Å². The van der Waals surface area contributed by atoms with Crippen LogP contribution in [0.1, 0.15) is 6.23 Å². The number of phosphoric acid groups is 1. The van der Waals surface area contributed by atoms with Gasteiger partial charge in [0.15, 0.2) is 23.7 Å². The highest BCUT2D eigenvalue weighted by Gasteiger charge is 2.50. The number of ether oxygens (including phenoxy) is 4. The van der Waals surface area contributed by atoms with Gasteiger partial charge in [-0.1, -0.05) is 0 Å². The minimum absolute atomic E-state index is 0.0809. The zero-order valence-electron chi connectivity index (χ0n) is 17.6. The van der Waals surface area contributed by atoms with Crippen LogP contribution in [0.3, 0.4) is 0 Å². The molecule has 0 aromatic carbocycles. The van der Waals surface area contributed by atoms with Gasteiger partial charge in [0.1, 0.15) is 36.6 Å². The van der Waals surface area contributed by atoms with Gasteiger partial charge in [0.2, 0.25) is 5.95 Å². The summed E-state index contributed by atoms with van der Waals surface area (Å²) in [6.07, 6.45) is -9.03. The Balaban J connectivity index is 1.57. The first-order valence-corrected chi connectivity index (χ1v) is 11.5. The number of nitrogen functional groups attached to an aromatic ring is 1. The van der Waals surface area contributed by atoms with Gasteiger partial charge in [-0.15, -0.1) is 0 Å². The molecular weight excluding hydrogens is 485 g/mol. The normalized spacial score (nSPS) is 34.3. The Kier molecular flexibility index (Phi) is 7.05. The Morgan fingerprint density at radius 1 is 1.24 bits per heavy atom. The maximum Gasteiger partial charge on any atom is 0.470 e. The number of nitrogens with two attached hydrogens (primary N) is 1. The summed E-state index contributed by atoms with van der Waals surface area (Å²) in [4.78, 5) is 40.9. The molecule has 0 bridgehead atoms. The summed E-state index contributed by atoms with van der Waals surface area (Å²) >= 11 is 0. The highest BCUT2D eigenvalue weighted by Crippen LogP contribution is 2.45. The number of fused-ring (bicyclic) bond motifs is 1. The van der Waals surface area contributed by atoms with Crippen molar-refractivity contribution in [2.75, 3.05) is 26.1 Å². The molecule has 0 spiro atoms. The Bertz CT molecular complexity index is 1120. The average molecular weight is 509 g/mol. The third-order valence-corrected chi connectivity index (χ3v) is 5.98. The Labute approximate surface area is 190 Å². The molecule has 34 heavy (non-hydrogen) atoms. The van der Waals surface area contributed by atoms with E-state index in [0.717, 1.165) is 10.9 Å². The first kappa shape index (κ1) is 25.1. The molecule has 2 fully saturated rings. The molecule has 2 aromatic heterocycles. The smallest absolute Gasteiger partial charge is 0.394 e. The SMILES string of the molecule is CO[C@H]1[C@@H](CO)OC(OC[C@H]2O[C@@H](n3cnc4c(=O)[nH]c(N)nc43)[C@H](OP(=O)(O)O)[C@@H]2O)[C@@H]1O. The monoisotopic (exact) mass is 509 g/mol. The third-order valence-electron chi connectivity index (χ3n) is 5.46. The molecule has 4 rings (SSSR count). The van der Waals surface area contributed by atoms with Crippen LogP contribution in [0, 0.1) is 0 Å². The Hall–Kier alpha value is -2.02. The number of imidazole rings is 1. The van der Waals surface area contributed by atoms with Gasteiger partial charge in [-0.3, -0.25) is 18.9 Å². The van der Waals surface area contributed by atoms with Gasteiger partial charge in [-0.25, -0.2) is 9.55 Å². The molecule has 0 aliphatic carbocycles. The van der Waals surface area contributed by atoms with Gasteiger partial charge >= 0.3 is 7.82 Å². The maximum absolute atomic E-state index is 12.1. The summed E-state index contributed by atoms with van der Waals surface area (Å²) in [6, 6.07) is 0. The van der Waals surface area contributed by atoms with E-state index in [4.69, 9.17) is 29.2 Å². The predicted octanol–water partition coefficient (Wildman–Crippen LogP) is -3.45. The quantitative estimate of drug-likeness (QED) is 0.171. The van der Waals surface area contributed by atoms with Gasteiger partial charge in [-0.2, -0.15) is 4.98 Å². The number of aromatic amines is 1. The van der Waals surface area contributed by atoms with Crippen LogP contribution >= 0.6 is 7.82 Å². The van der Waals surface area contributed by atoms with Crippen molar-refractivity contribution in [3.8, 4) is 0 Å². The second-order valence-corrected chi connectivity index (χ2v) is 8.83. The fraction of sp³-hybridized carbons (Fsp3) is 0.688. The van der Waals surface area contributed by atoms with Crippen molar-refractivity contribution in [3.05, 3.63) is 16.7 Å². The summed E-state index contributed by atoms with van der Waals surface area (Å²) in [5.41, 5.74) is 4.70. The minimum atomic E-state index is -5.11. The second-order valence-electron chi connectivity index (χ2n) is 7.64.